The van der Waals surface area contributed by atoms with Crippen molar-refractivity contribution in [3.05, 3.63) is 56.8 Å². The van der Waals surface area contributed by atoms with Gasteiger partial charge >= 0.3 is 0 Å². The predicted octanol–water partition coefficient (Wildman–Crippen LogP) is 4.81. The van der Waals surface area contributed by atoms with Crippen LogP contribution >= 0.6 is 35.4 Å². The molecular weight excluding hydrogens is 395 g/mol. The van der Waals surface area contributed by atoms with Crippen molar-refractivity contribution in [3.63, 3.8) is 0 Å². The number of benzene rings is 2. The zero-order valence-corrected chi connectivity index (χ0v) is 16.2. The van der Waals surface area contributed by atoms with Gasteiger partial charge in [-0.2, -0.15) is 14.9 Å². The van der Waals surface area contributed by atoms with E-state index in [1.165, 1.54) is 4.68 Å². The van der Waals surface area contributed by atoms with Crippen molar-refractivity contribution in [3.8, 4) is 22.9 Å². The molecule has 134 valence electrons. The number of hydrogen-bond donors (Lipinski definition) is 1. The van der Waals surface area contributed by atoms with E-state index in [0.29, 0.717) is 43.3 Å². The molecule has 0 unspecified atom stereocenters. The van der Waals surface area contributed by atoms with Gasteiger partial charge in [0.1, 0.15) is 11.5 Å². The first-order valence-corrected chi connectivity index (χ1v) is 8.59. The van der Waals surface area contributed by atoms with Crippen molar-refractivity contribution in [2.75, 3.05) is 14.2 Å². The van der Waals surface area contributed by atoms with Crippen LogP contribution in [0.3, 0.4) is 0 Å². The van der Waals surface area contributed by atoms with Crippen LogP contribution in [0.4, 0.5) is 0 Å². The van der Waals surface area contributed by atoms with Gasteiger partial charge in [0.05, 0.1) is 31.0 Å². The van der Waals surface area contributed by atoms with E-state index in [1.54, 1.807) is 50.8 Å². The van der Waals surface area contributed by atoms with E-state index in [4.69, 9.17) is 44.9 Å². The van der Waals surface area contributed by atoms with E-state index in [2.05, 4.69) is 15.3 Å². The minimum absolute atomic E-state index is 0.333. The first kappa shape index (κ1) is 18.4. The van der Waals surface area contributed by atoms with Gasteiger partial charge in [-0.1, -0.05) is 29.3 Å². The van der Waals surface area contributed by atoms with E-state index in [-0.39, 0.29) is 0 Å². The van der Waals surface area contributed by atoms with E-state index in [1.807, 2.05) is 6.07 Å². The molecule has 0 radical (unpaired) electrons. The second-order valence-corrected chi connectivity index (χ2v) is 6.37. The molecule has 2 aromatic carbocycles. The first-order valence-electron chi connectivity index (χ1n) is 7.42. The van der Waals surface area contributed by atoms with Crippen molar-refractivity contribution in [1.29, 1.82) is 0 Å². The van der Waals surface area contributed by atoms with Crippen LogP contribution in [0.25, 0.3) is 11.4 Å². The highest BCUT2D eigenvalue weighted by atomic mass is 35.5. The number of nitrogens with zero attached hydrogens (tertiary/aromatic N) is 3. The molecular formula is C17H14Cl2N4O2S. The molecule has 3 aromatic rings. The van der Waals surface area contributed by atoms with Crippen molar-refractivity contribution in [2.24, 2.45) is 5.10 Å². The lowest BCUT2D eigenvalue weighted by Gasteiger charge is -2.09. The number of aromatic amines is 1. The third kappa shape index (κ3) is 3.75. The fourth-order valence-corrected chi connectivity index (χ4v) is 2.92. The molecule has 0 aliphatic carbocycles. The van der Waals surface area contributed by atoms with Crippen LogP contribution < -0.4 is 9.47 Å². The molecule has 1 aromatic heterocycles. The monoisotopic (exact) mass is 408 g/mol. The number of aromatic nitrogens is 3. The molecule has 1 heterocycles. The standard InChI is InChI=1S/C17H14Cl2N4O2S/c1-24-12-5-6-13(15(8-12)25-2)16-21-22-17(26)23(16)20-9-10-3-4-11(18)7-14(10)19/h3-9H,1-2H3,(H,22,26)/b20-9-. The average molecular weight is 409 g/mol. The Kier molecular flexibility index (Phi) is 5.61. The molecule has 0 saturated heterocycles. The second-order valence-electron chi connectivity index (χ2n) is 5.14. The van der Waals surface area contributed by atoms with Crippen LogP contribution in [0.1, 0.15) is 5.56 Å². The van der Waals surface area contributed by atoms with E-state index < -0.39 is 0 Å². The normalized spacial score (nSPS) is 11.1. The largest absolute Gasteiger partial charge is 0.497 e. The maximum Gasteiger partial charge on any atom is 0.216 e. The number of hydrogen-bond acceptors (Lipinski definition) is 5. The Morgan fingerprint density at radius 3 is 2.65 bits per heavy atom. The Hall–Kier alpha value is -2.35. The zero-order chi connectivity index (χ0) is 18.7. The Morgan fingerprint density at radius 2 is 1.96 bits per heavy atom. The molecule has 0 aliphatic rings. The van der Waals surface area contributed by atoms with Gasteiger partial charge < -0.3 is 9.47 Å². The first-order chi connectivity index (χ1) is 12.5. The summed E-state index contributed by atoms with van der Waals surface area (Å²) in [5, 5.41) is 12.4. The maximum absolute atomic E-state index is 6.18. The summed E-state index contributed by atoms with van der Waals surface area (Å²) in [5.41, 5.74) is 1.41. The molecule has 3 rings (SSSR count). The van der Waals surface area contributed by atoms with Gasteiger partial charge in [-0.25, -0.2) is 5.10 Å². The number of ether oxygens (including phenoxy) is 2. The second kappa shape index (κ2) is 7.90. The van der Waals surface area contributed by atoms with Crippen LogP contribution in [0.5, 0.6) is 11.5 Å². The quantitative estimate of drug-likeness (QED) is 0.485. The summed E-state index contributed by atoms with van der Waals surface area (Å²) < 4.78 is 12.5. The Morgan fingerprint density at radius 1 is 1.15 bits per heavy atom. The van der Waals surface area contributed by atoms with Gasteiger partial charge in [-0.3, -0.25) is 0 Å². The number of rotatable bonds is 5. The highest BCUT2D eigenvalue weighted by molar-refractivity contribution is 7.71. The van der Waals surface area contributed by atoms with Gasteiger partial charge in [0.15, 0.2) is 5.82 Å². The lowest BCUT2D eigenvalue weighted by Crippen LogP contribution is -1.98. The van der Waals surface area contributed by atoms with Crippen LogP contribution in [-0.2, 0) is 0 Å². The van der Waals surface area contributed by atoms with Crippen LogP contribution in [0, 0.1) is 4.77 Å². The molecule has 0 aliphatic heterocycles. The number of methoxy groups -OCH3 is 2. The number of nitrogens with one attached hydrogen (secondary N) is 1. The van der Waals surface area contributed by atoms with E-state index in [0.717, 1.165) is 0 Å². The van der Waals surface area contributed by atoms with Gasteiger partial charge in [-0.15, -0.1) is 0 Å². The summed E-state index contributed by atoms with van der Waals surface area (Å²) in [5.74, 6) is 1.75. The number of H-pyrrole nitrogens is 1. The van der Waals surface area contributed by atoms with Gasteiger partial charge in [0.2, 0.25) is 4.77 Å². The lowest BCUT2D eigenvalue weighted by atomic mass is 10.2. The Labute approximate surface area is 165 Å². The Balaban J connectivity index is 2.05. The van der Waals surface area contributed by atoms with Crippen molar-refractivity contribution < 1.29 is 9.47 Å². The molecule has 6 nitrogen and oxygen atoms in total. The van der Waals surface area contributed by atoms with Gasteiger partial charge in [0.25, 0.3) is 0 Å². The minimum atomic E-state index is 0.333. The summed E-state index contributed by atoms with van der Waals surface area (Å²) in [6, 6.07) is 10.5. The van der Waals surface area contributed by atoms with E-state index in [9.17, 15) is 0 Å². The third-order valence-corrected chi connectivity index (χ3v) is 4.40. The summed E-state index contributed by atoms with van der Waals surface area (Å²) in [4.78, 5) is 0. The molecule has 0 spiro atoms. The van der Waals surface area contributed by atoms with Gasteiger partial charge in [-0.05, 0) is 36.5 Å². The molecule has 0 atom stereocenters. The molecule has 0 fully saturated rings. The van der Waals surface area contributed by atoms with Gasteiger partial charge in [0, 0.05) is 16.7 Å². The SMILES string of the molecule is COc1ccc(-c2n[nH]c(=S)n2/N=C\c2ccc(Cl)cc2Cl)c(OC)c1. The van der Waals surface area contributed by atoms with E-state index >= 15 is 0 Å². The highest BCUT2D eigenvalue weighted by Crippen LogP contribution is 2.32. The zero-order valence-electron chi connectivity index (χ0n) is 13.9. The van der Waals surface area contributed by atoms with Crippen molar-refractivity contribution in [1.82, 2.24) is 14.9 Å². The summed E-state index contributed by atoms with van der Waals surface area (Å²) in [6.07, 6.45) is 1.59. The smallest absolute Gasteiger partial charge is 0.216 e. The lowest BCUT2D eigenvalue weighted by molar-refractivity contribution is 0.395. The molecule has 0 amide bonds. The molecule has 0 saturated carbocycles. The predicted molar refractivity (Wildman–Crippen MR) is 105 cm³/mol. The maximum atomic E-state index is 6.18. The molecule has 1 N–H and O–H groups in total. The molecule has 26 heavy (non-hydrogen) atoms. The summed E-state index contributed by atoms with van der Waals surface area (Å²) in [7, 11) is 3.16. The van der Waals surface area contributed by atoms with Crippen LogP contribution in [-0.4, -0.2) is 35.3 Å². The summed E-state index contributed by atoms with van der Waals surface area (Å²) >= 11 is 17.4. The topological polar surface area (TPSA) is 64.4 Å². The fraction of sp³-hybridized carbons (Fsp3) is 0.118. The fourth-order valence-electron chi connectivity index (χ4n) is 2.28. The van der Waals surface area contributed by atoms with Crippen molar-refractivity contribution in [2.45, 2.75) is 0 Å². The number of halogens is 2. The van der Waals surface area contributed by atoms with Crippen LogP contribution in [0.2, 0.25) is 10.0 Å². The minimum Gasteiger partial charge on any atom is -0.497 e. The molecule has 0 bridgehead atoms. The van der Waals surface area contributed by atoms with Crippen LogP contribution in [0.15, 0.2) is 41.5 Å². The van der Waals surface area contributed by atoms with Crippen molar-refractivity contribution >= 4 is 41.6 Å². The third-order valence-electron chi connectivity index (χ3n) is 3.57. The summed E-state index contributed by atoms with van der Waals surface area (Å²) in [6.45, 7) is 0. The highest BCUT2D eigenvalue weighted by Gasteiger charge is 2.14. The Bertz CT molecular complexity index is 1030. The average Bonchev–Trinajstić information content (AvgIpc) is 3.01. The molecule has 9 heteroatoms.